The molecule has 2 nitrogen and oxygen atoms in total. The van der Waals surface area contributed by atoms with E-state index in [0.717, 1.165) is 19.6 Å². The summed E-state index contributed by atoms with van der Waals surface area (Å²) in [5, 5.41) is 8.19. The Labute approximate surface area is 115 Å². The van der Waals surface area contributed by atoms with Crippen LogP contribution in [0.15, 0.2) is 16.8 Å². The van der Waals surface area contributed by atoms with E-state index in [1.54, 1.807) is 11.3 Å². The summed E-state index contributed by atoms with van der Waals surface area (Å²) in [6.07, 6.45) is 1.20. The second-order valence-electron chi connectivity index (χ2n) is 6.09. The molecule has 0 spiro atoms. The maximum absolute atomic E-state index is 3.73. The molecule has 1 aromatic rings. The summed E-state index contributed by atoms with van der Waals surface area (Å²) < 4.78 is 0. The van der Waals surface area contributed by atoms with Gasteiger partial charge in [-0.1, -0.05) is 20.8 Å². The molecule has 2 unspecified atom stereocenters. The summed E-state index contributed by atoms with van der Waals surface area (Å²) >= 11 is 1.80. The van der Waals surface area contributed by atoms with E-state index in [4.69, 9.17) is 0 Å². The molecule has 1 aliphatic rings. The van der Waals surface area contributed by atoms with E-state index >= 15 is 0 Å². The van der Waals surface area contributed by atoms with Crippen molar-refractivity contribution in [3.8, 4) is 0 Å². The third kappa shape index (κ3) is 2.95. The maximum atomic E-state index is 3.73. The first-order chi connectivity index (χ1) is 8.55. The van der Waals surface area contributed by atoms with Gasteiger partial charge in [0.15, 0.2) is 0 Å². The Bertz CT molecular complexity index is 361. The highest BCUT2D eigenvalue weighted by Crippen LogP contribution is 2.27. The predicted molar refractivity (Wildman–Crippen MR) is 80.1 cm³/mol. The molecule has 0 aromatic carbocycles. The number of piperazine rings is 1. The summed E-state index contributed by atoms with van der Waals surface area (Å²) in [5.41, 5.74) is 1.76. The standard InChI is InChI=1S/C15H26N2S/c1-5-15(4)11-16-14(12(2)3)9-17(15)8-13-6-7-18-10-13/h6-7,10,12,14,16H,5,8-9,11H2,1-4H3. The molecule has 2 heterocycles. The highest BCUT2D eigenvalue weighted by atomic mass is 32.1. The van der Waals surface area contributed by atoms with Crippen LogP contribution in [0.5, 0.6) is 0 Å². The van der Waals surface area contributed by atoms with Crippen LogP contribution in [0.25, 0.3) is 0 Å². The zero-order valence-electron chi connectivity index (χ0n) is 12.1. The zero-order chi connectivity index (χ0) is 13.2. The molecule has 18 heavy (non-hydrogen) atoms. The molecule has 1 aliphatic heterocycles. The van der Waals surface area contributed by atoms with Crippen molar-refractivity contribution in [2.24, 2.45) is 5.92 Å². The fourth-order valence-corrected chi connectivity index (χ4v) is 3.30. The highest BCUT2D eigenvalue weighted by Gasteiger charge is 2.36. The van der Waals surface area contributed by atoms with Gasteiger partial charge in [0.2, 0.25) is 0 Å². The minimum Gasteiger partial charge on any atom is -0.311 e. The lowest BCUT2D eigenvalue weighted by Gasteiger charge is -2.49. The number of nitrogens with zero attached hydrogens (tertiary/aromatic N) is 1. The van der Waals surface area contributed by atoms with Crippen molar-refractivity contribution in [2.45, 2.75) is 52.2 Å². The fourth-order valence-electron chi connectivity index (χ4n) is 2.64. The Morgan fingerprint density at radius 3 is 2.89 bits per heavy atom. The molecule has 0 saturated carbocycles. The lowest BCUT2D eigenvalue weighted by molar-refractivity contribution is 0.0318. The van der Waals surface area contributed by atoms with Crippen molar-refractivity contribution in [1.29, 1.82) is 0 Å². The van der Waals surface area contributed by atoms with Crippen molar-refractivity contribution >= 4 is 11.3 Å². The van der Waals surface area contributed by atoms with Crippen LogP contribution in [0.3, 0.4) is 0 Å². The molecule has 102 valence electrons. The largest absolute Gasteiger partial charge is 0.311 e. The van der Waals surface area contributed by atoms with Crippen LogP contribution in [0, 0.1) is 5.92 Å². The Balaban J connectivity index is 2.10. The monoisotopic (exact) mass is 266 g/mol. The van der Waals surface area contributed by atoms with Crippen molar-refractivity contribution in [1.82, 2.24) is 10.2 Å². The smallest absolute Gasteiger partial charge is 0.0307 e. The predicted octanol–water partition coefficient (Wildman–Crippen LogP) is 3.35. The van der Waals surface area contributed by atoms with Crippen LogP contribution in [0.4, 0.5) is 0 Å². The number of hydrogen-bond donors (Lipinski definition) is 1. The van der Waals surface area contributed by atoms with Crippen LogP contribution in [0.2, 0.25) is 0 Å². The fraction of sp³-hybridized carbons (Fsp3) is 0.733. The molecule has 2 atom stereocenters. The average Bonchev–Trinajstić information content (AvgIpc) is 2.84. The number of nitrogens with one attached hydrogen (secondary N) is 1. The Morgan fingerprint density at radius 2 is 2.33 bits per heavy atom. The summed E-state index contributed by atoms with van der Waals surface area (Å²) in [4.78, 5) is 2.68. The SMILES string of the molecule is CCC1(C)CNC(C(C)C)CN1Cc1ccsc1. The normalized spacial score (nSPS) is 29.9. The van der Waals surface area contributed by atoms with Gasteiger partial charge >= 0.3 is 0 Å². The zero-order valence-corrected chi connectivity index (χ0v) is 12.9. The second-order valence-corrected chi connectivity index (χ2v) is 6.87. The number of hydrogen-bond acceptors (Lipinski definition) is 3. The van der Waals surface area contributed by atoms with Gasteiger partial charge in [0.1, 0.15) is 0 Å². The maximum Gasteiger partial charge on any atom is 0.0307 e. The minimum atomic E-state index is 0.299. The van der Waals surface area contributed by atoms with E-state index in [1.807, 2.05) is 0 Å². The third-order valence-corrected chi connectivity index (χ3v) is 5.18. The quantitative estimate of drug-likeness (QED) is 0.899. The van der Waals surface area contributed by atoms with E-state index in [-0.39, 0.29) is 0 Å². The number of rotatable bonds is 4. The minimum absolute atomic E-state index is 0.299. The Morgan fingerprint density at radius 1 is 1.56 bits per heavy atom. The van der Waals surface area contributed by atoms with Crippen molar-refractivity contribution < 1.29 is 0 Å². The molecule has 0 aliphatic carbocycles. The van der Waals surface area contributed by atoms with E-state index in [0.29, 0.717) is 17.5 Å². The van der Waals surface area contributed by atoms with Crippen molar-refractivity contribution in [3.63, 3.8) is 0 Å². The third-order valence-electron chi connectivity index (χ3n) is 4.45. The van der Waals surface area contributed by atoms with Gasteiger partial charge < -0.3 is 5.32 Å². The molecule has 3 heteroatoms. The van der Waals surface area contributed by atoms with E-state index in [2.05, 4.69) is 54.7 Å². The van der Waals surface area contributed by atoms with Crippen molar-refractivity contribution in [2.75, 3.05) is 13.1 Å². The van der Waals surface area contributed by atoms with Crippen LogP contribution in [0.1, 0.15) is 39.7 Å². The number of thiophene rings is 1. The van der Waals surface area contributed by atoms with Gasteiger partial charge in [0.05, 0.1) is 0 Å². The lowest BCUT2D eigenvalue weighted by Crippen LogP contribution is -2.63. The summed E-state index contributed by atoms with van der Waals surface area (Å²) in [6, 6.07) is 2.89. The Hall–Kier alpha value is -0.380. The first kappa shape index (κ1) is 14.0. The molecule has 1 fully saturated rings. The van der Waals surface area contributed by atoms with Gasteiger partial charge in [-0.3, -0.25) is 4.90 Å². The molecular weight excluding hydrogens is 240 g/mol. The van der Waals surface area contributed by atoms with E-state index in [9.17, 15) is 0 Å². The first-order valence-electron chi connectivity index (χ1n) is 7.04. The van der Waals surface area contributed by atoms with Crippen molar-refractivity contribution in [3.05, 3.63) is 22.4 Å². The average molecular weight is 266 g/mol. The van der Waals surface area contributed by atoms with Gasteiger partial charge in [-0.25, -0.2) is 0 Å². The van der Waals surface area contributed by atoms with Gasteiger partial charge in [-0.2, -0.15) is 11.3 Å². The topological polar surface area (TPSA) is 15.3 Å². The molecule has 0 amide bonds. The van der Waals surface area contributed by atoms with Crippen LogP contribution in [-0.4, -0.2) is 29.6 Å². The molecule has 1 aromatic heterocycles. The molecule has 1 N–H and O–H groups in total. The molecule has 0 bridgehead atoms. The summed E-state index contributed by atoms with van der Waals surface area (Å²) in [6.45, 7) is 12.7. The molecule has 2 rings (SSSR count). The highest BCUT2D eigenvalue weighted by molar-refractivity contribution is 7.07. The first-order valence-corrected chi connectivity index (χ1v) is 7.99. The summed E-state index contributed by atoms with van der Waals surface area (Å²) in [5.74, 6) is 0.705. The van der Waals surface area contributed by atoms with Gasteiger partial charge in [0, 0.05) is 31.2 Å². The lowest BCUT2D eigenvalue weighted by atomic mass is 9.89. The van der Waals surface area contributed by atoms with Crippen LogP contribution < -0.4 is 5.32 Å². The van der Waals surface area contributed by atoms with Crippen LogP contribution in [-0.2, 0) is 6.54 Å². The van der Waals surface area contributed by atoms with Gasteiger partial charge in [-0.15, -0.1) is 0 Å². The Kier molecular flexibility index (Phi) is 4.46. The molecular formula is C15H26N2S. The molecule has 1 saturated heterocycles. The second kappa shape index (κ2) is 5.72. The molecule has 0 radical (unpaired) electrons. The van der Waals surface area contributed by atoms with E-state index in [1.165, 1.54) is 12.0 Å². The van der Waals surface area contributed by atoms with Crippen LogP contribution >= 0.6 is 11.3 Å². The van der Waals surface area contributed by atoms with Gasteiger partial charge in [0.25, 0.3) is 0 Å². The summed E-state index contributed by atoms with van der Waals surface area (Å²) in [7, 11) is 0. The van der Waals surface area contributed by atoms with Gasteiger partial charge in [-0.05, 0) is 41.7 Å². The van der Waals surface area contributed by atoms with E-state index < -0.39 is 0 Å².